The van der Waals surface area contributed by atoms with E-state index in [9.17, 15) is 9.59 Å². The van der Waals surface area contributed by atoms with Crippen LogP contribution in [-0.2, 0) is 12.8 Å². The molecular formula is C16H18N4O3. The molecule has 7 nitrogen and oxygen atoms in total. The molecule has 0 fully saturated rings. The van der Waals surface area contributed by atoms with Crippen LogP contribution in [0, 0.1) is 0 Å². The first kappa shape index (κ1) is 15.1. The van der Waals surface area contributed by atoms with E-state index in [4.69, 9.17) is 10.5 Å². The highest BCUT2D eigenvalue weighted by Gasteiger charge is 2.20. The summed E-state index contributed by atoms with van der Waals surface area (Å²) in [6.45, 7) is 2.36. The Bertz CT molecular complexity index is 800. The number of ether oxygens (including phenoxy) is 1. The number of fused-ring (bicyclic) bond motifs is 1. The lowest BCUT2D eigenvalue weighted by atomic mass is 10.1. The number of aromatic nitrogens is 2. The first-order valence-electron chi connectivity index (χ1n) is 7.45. The first-order valence-corrected chi connectivity index (χ1v) is 7.45. The third-order valence-corrected chi connectivity index (χ3v) is 3.62. The van der Waals surface area contributed by atoms with Crippen molar-refractivity contribution in [3.8, 4) is 5.75 Å². The molecule has 0 aliphatic carbocycles. The largest absolute Gasteiger partial charge is 0.490 e. The molecule has 0 unspecified atom stereocenters. The van der Waals surface area contributed by atoms with Crippen molar-refractivity contribution in [1.82, 2.24) is 15.3 Å². The molecule has 7 heteroatoms. The molecule has 23 heavy (non-hydrogen) atoms. The van der Waals surface area contributed by atoms with E-state index < -0.39 is 0 Å². The van der Waals surface area contributed by atoms with Crippen molar-refractivity contribution in [3.63, 3.8) is 0 Å². The average Bonchev–Trinajstić information content (AvgIpc) is 2.85. The minimum absolute atomic E-state index is 0.148. The Hall–Kier alpha value is -2.83. The number of nitrogens with two attached hydrogens (primary N) is 1. The number of hydrogen-bond acceptors (Lipinski definition) is 5. The maximum Gasteiger partial charge on any atom is 0.252 e. The fourth-order valence-corrected chi connectivity index (χ4v) is 2.61. The van der Waals surface area contributed by atoms with Crippen molar-refractivity contribution in [2.45, 2.75) is 25.9 Å². The summed E-state index contributed by atoms with van der Waals surface area (Å²) >= 11 is 0. The van der Waals surface area contributed by atoms with Crippen molar-refractivity contribution in [3.05, 3.63) is 51.6 Å². The zero-order valence-electron chi connectivity index (χ0n) is 12.8. The normalized spacial score (nSPS) is 15.8. The summed E-state index contributed by atoms with van der Waals surface area (Å²) in [6.07, 6.45) is 1.36. The van der Waals surface area contributed by atoms with Gasteiger partial charge in [0.15, 0.2) is 0 Å². The van der Waals surface area contributed by atoms with E-state index in [-0.39, 0.29) is 23.4 Å². The number of rotatable bonds is 4. The van der Waals surface area contributed by atoms with Gasteiger partial charge in [0.05, 0.1) is 0 Å². The van der Waals surface area contributed by atoms with Crippen molar-refractivity contribution in [2.75, 3.05) is 12.3 Å². The van der Waals surface area contributed by atoms with Gasteiger partial charge >= 0.3 is 0 Å². The van der Waals surface area contributed by atoms with E-state index in [1.54, 1.807) is 6.07 Å². The summed E-state index contributed by atoms with van der Waals surface area (Å²) < 4.78 is 5.62. The minimum atomic E-state index is -0.299. The predicted octanol–water partition coefficient (Wildman–Crippen LogP) is 0.648. The number of benzene rings is 1. The van der Waals surface area contributed by atoms with Crippen molar-refractivity contribution >= 4 is 11.7 Å². The maximum atomic E-state index is 12.2. The molecule has 0 spiro atoms. The van der Waals surface area contributed by atoms with Crippen LogP contribution in [0.5, 0.6) is 5.75 Å². The van der Waals surface area contributed by atoms with Crippen LogP contribution in [-0.4, -0.2) is 28.5 Å². The van der Waals surface area contributed by atoms with E-state index >= 15 is 0 Å². The van der Waals surface area contributed by atoms with Crippen molar-refractivity contribution < 1.29 is 9.53 Å². The summed E-state index contributed by atoms with van der Waals surface area (Å²) in [4.78, 5) is 30.1. The van der Waals surface area contributed by atoms with Crippen LogP contribution in [0.2, 0.25) is 0 Å². The van der Waals surface area contributed by atoms with Crippen LogP contribution < -0.4 is 21.3 Å². The molecule has 1 atom stereocenters. The summed E-state index contributed by atoms with van der Waals surface area (Å²) in [7, 11) is 0. The molecule has 1 aliphatic rings. The number of anilines is 1. The fourth-order valence-electron chi connectivity index (χ4n) is 2.61. The number of hydrogen-bond donors (Lipinski definition) is 3. The monoisotopic (exact) mass is 314 g/mol. The lowest BCUT2D eigenvalue weighted by Gasteiger charge is -2.07. The number of carbonyl (C=O) groups is 1. The fraction of sp³-hybridized carbons (Fsp3) is 0.312. The van der Waals surface area contributed by atoms with Gasteiger partial charge in [0.1, 0.15) is 23.5 Å². The highest BCUT2D eigenvalue weighted by Crippen LogP contribution is 2.29. The van der Waals surface area contributed by atoms with Gasteiger partial charge in [-0.25, -0.2) is 4.98 Å². The van der Waals surface area contributed by atoms with Gasteiger partial charge in [-0.05, 0) is 30.7 Å². The molecule has 2 aromatic rings. The Labute approximate surface area is 132 Å². The maximum absolute atomic E-state index is 12.2. The number of nitrogen functional groups attached to an aromatic ring is 1. The summed E-state index contributed by atoms with van der Waals surface area (Å²) in [6, 6.07) is 6.64. The molecule has 2 heterocycles. The molecule has 1 aliphatic heterocycles. The summed E-state index contributed by atoms with van der Waals surface area (Å²) in [5.74, 6) is 1.29. The molecule has 120 valence electrons. The number of H-pyrrole nitrogens is 1. The number of nitrogens with zero attached hydrogens (tertiary/aromatic N) is 1. The third kappa shape index (κ3) is 3.50. The highest BCUT2D eigenvalue weighted by molar-refractivity contribution is 5.94. The van der Waals surface area contributed by atoms with Crippen molar-refractivity contribution in [1.29, 1.82) is 0 Å². The van der Waals surface area contributed by atoms with Gasteiger partial charge in [0.2, 0.25) is 0 Å². The Morgan fingerprint density at radius 2 is 2.30 bits per heavy atom. The number of carbonyl (C=O) groups excluding carboxylic acids is 1. The van der Waals surface area contributed by atoms with Crippen LogP contribution in [0.15, 0.2) is 29.1 Å². The predicted molar refractivity (Wildman–Crippen MR) is 85.5 cm³/mol. The lowest BCUT2D eigenvalue weighted by molar-refractivity contribution is 0.0954. The Balaban J connectivity index is 1.60. The van der Waals surface area contributed by atoms with Crippen LogP contribution in [0.4, 0.5) is 5.82 Å². The van der Waals surface area contributed by atoms with Gasteiger partial charge in [-0.15, -0.1) is 0 Å². The van der Waals surface area contributed by atoms with E-state index in [1.807, 2.05) is 19.1 Å². The smallest absolute Gasteiger partial charge is 0.252 e. The summed E-state index contributed by atoms with van der Waals surface area (Å²) in [5, 5.41) is 2.81. The molecule has 0 saturated carbocycles. The molecule has 0 radical (unpaired) electrons. The lowest BCUT2D eigenvalue weighted by Crippen LogP contribution is -2.27. The van der Waals surface area contributed by atoms with E-state index in [2.05, 4.69) is 15.3 Å². The number of aromatic amines is 1. The second kappa shape index (κ2) is 6.12. The molecule has 1 aromatic heterocycles. The van der Waals surface area contributed by atoms with Crippen LogP contribution in [0.25, 0.3) is 0 Å². The van der Waals surface area contributed by atoms with E-state index in [0.717, 1.165) is 17.7 Å². The molecule has 1 amide bonds. The van der Waals surface area contributed by atoms with Gasteiger partial charge in [0.25, 0.3) is 11.5 Å². The van der Waals surface area contributed by atoms with Crippen molar-refractivity contribution in [2.24, 2.45) is 0 Å². The van der Waals surface area contributed by atoms with Gasteiger partial charge in [-0.2, -0.15) is 0 Å². The number of amides is 1. The second-order valence-corrected chi connectivity index (χ2v) is 5.58. The Kier molecular flexibility index (Phi) is 4.01. The SMILES string of the molecule is C[C@@H]1Cc2cc(C(=O)NCCc3nc(N)cc(=O)[nH]3)ccc2O1. The number of nitrogens with one attached hydrogen (secondary N) is 2. The van der Waals surface area contributed by atoms with Crippen LogP contribution in [0.3, 0.4) is 0 Å². The first-order chi connectivity index (χ1) is 11.0. The third-order valence-electron chi connectivity index (χ3n) is 3.62. The Morgan fingerprint density at radius 1 is 1.48 bits per heavy atom. The molecule has 0 bridgehead atoms. The molecule has 0 saturated heterocycles. The molecule has 3 rings (SSSR count). The van der Waals surface area contributed by atoms with Crippen LogP contribution >= 0.6 is 0 Å². The van der Waals surface area contributed by atoms with Gasteiger partial charge in [0, 0.05) is 31.0 Å². The average molecular weight is 314 g/mol. The summed E-state index contributed by atoms with van der Waals surface area (Å²) in [5.41, 5.74) is 6.86. The quantitative estimate of drug-likeness (QED) is 0.767. The Morgan fingerprint density at radius 3 is 3.09 bits per heavy atom. The van der Waals surface area contributed by atoms with Gasteiger partial charge in [-0.1, -0.05) is 0 Å². The van der Waals surface area contributed by atoms with Gasteiger partial charge in [-0.3, -0.25) is 9.59 Å². The van der Waals surface area contributed by atoms with E-state index in [1.165, 1.54) is 6.07 Å². The standard InChI is InChI=1S/C16H18N4O3/c1-9-6-11-7-10(2-3-12(11)23-9)16(22)18-5-4-14-19-13(17)8-15(21)20-14/h2-3,7-9H,4-6H2,1H3,(H,18,22)(H3,17,19,20,21)/t9-/m1/s1. The molecule has 1 aromatic carbocycles. The topological polar surface area (TPSA) is 110 Å². The zero-order valence-corrected chi connectivity index (χ0v) is 12.8. The van der Waals surface area contributed by atoms with E-state index in [0.29, 0.717) is 24.4 Å². The molecule has 4 N–H and O–H groups in total. The minimum Gasteiger partial charge on any atom is -0.490 e. The second-order valence-electron chi connectivity index (χ2n) is 5.58. The zero-order chi connectivity index (χ0) is 16.4. The van der Waals surface area contributed by atoms with Gasteiger partial charge < -0.3 is 20.8 Å². The molecular weight excluding hydrogens is 296 g/mol. The van der Waals surface area contributed by atoms with Crippen LogP contribution in [0.1, 0.15) is 28.7 Å². The highest BCUT2D eigenvalue weighted by atomic mass is 16.5.